The van der Waals surface area contributed by atoms with Gasteiger partial charge in [-0.3, -0.25) is 9.88 Å². The summed E-state index contributed by atoms with van der Waals surface area (Å²) < 4.78 is 11.3. The summed E-state index contributed by atoms with van der Waals surface area (Å²) in [7, 11) is 0. The lowest BCUT2D eigenvalue weighted by molar-refractivity contribution is 0.0503. The zero-order chi connectivity index (χ0) is 19.1. The van der Waals surface area contributed by atoms with Crippen LogP contribution in [0.5, 0.6) is 0 Å². The second-order valence-corrected chi connectivity index (χ2v) is 7.85. The fraction of sp³-hybridized carbons (Fsp3) is 0.429. The van der Waals surface area contributed by atoms with Gasteiger partial charge in [0.15, 0.2) is 5.82 Å². The Balaban J connectivity index is 1.46. The van der Waals surface area contributed by atoms with Gasteiger partial charge >= 0.3 is 0 Å². The number of hydrogen-bond acceptors (Lipinski definition) is 7. The maximum Gasteiger partial charge on any atom is 0.160 e. The number of likely N-dealkylation sites (tertiary alicyclic amines) is 1. The number of hydrogen-bond donors (Lipinski definition) is 0. The van der Waals surface area contributed by atoms with Crippen LogP contribution >= 0.6 is 0 Å². The Morgan fingerprint density at radius 1 is 1.25 bits per heavy atom. The zero-order valence-electron chi connectivity index (χ0n) is 16.2. The van der Waals surface area contributed by atoms with Gasteiger partial charge < -0.3 is 9.26 Å². The van der Waals surface area contributed by atoms with Crippen molar-refractivity contribution >= 4 is 0 Å². The Morgan fingerprint density at radius 3 is 2.96 bits per heavy atom. The number of aromatic nitrogens is 4. The molecule has 2 aliphatic rings. The molecule has 7 heteroatoms. The van der Waals surface area contributed by atoms with Crippen LogP contribution in [0.2, 0.25) is 0 Å². The highest BCUT2D eigenvalue weighted by atomic mass is 16.5. The molecular weight excluding hydrogens is 354 g/mol. The van der Waals surface area contributed by atoms with Crippen molar-refractivity contribution in [3.05, 3.63) is 59.0 Å². The molecule has 0 amide bonds. The molecule has 2 aliphatic heterocycles. The van der Waals surface area contributed by atoms with Crippen LogP contribution in [0.25, 0.3) is 11.4 Å². The first-order valence-corrected chi connectivity index (χ1v) is 9.63. The van der Waals surface area contributed by atoms with Crippen LogP contribution in [0.15, 0.2) is 35.2 Å². The maximum atomic E-state index is 5.96. The van der Waals surface area contributed by atoms with Crippen LogP contribution < -0.4 is 0 Å². The molecule has 1 saturated heterocycles. The van der Waals surface area contributed by atoms with Crippen molar-refractivity contribution in [2.45, 2.75) is 38.8 Å². The molecule has 28 heavy (non-hydrogen) atoms. The zero-order valence-corrected chi connectivity index (χ0v) is 16.2. The topological polar surface area (TPSA) is 77.2 Å². The third-order valence-electron chi connectivity index (χ3n) is 5.92. The normalized spacial score (nSPS) is 21.9. The summed E-state index contributed by atoms with van der Waals surface area (Å²) in [6, 6.07) is 3.91. The summed E-state index contributed by atoms with van der Waals surface area (Å²) in [5.41, 5.74) is 5.24. The Kier molecular flexibility index (Phi) is 4.21. The average molecular weight is 377 g/mol. The highest BCUT2D eigenvalue weighted by molar-refractivity contribution is 5.54. The standard InChI is InChI=1S/C21H23N5O2/c1-14-18(15(2)28-25-14)10-26-7-5-21(12-26)13-27-11-17-9-23-20(24-19(17)21)16-4-3-6-22-8-16/h3-4,6,8-9H,5,7,10-13H2,1-2H3. The van der Waals surface area contributed by atoms with Crippen molar-refractivity contribution in [3.63, 3.8) is 0 Å². The van der Waals surface area contributed by atoms with Gasteiger partial charge in [-0.15, -0.1) is 0 Å². The van der Waals surface area contributed by atoms with Gasteiger partial charge in [-0.1, -0.05) is 5.16 Å². The molecule has 1 spiro atoms. The summed E-state index contributed by atoms with van der Waals surface area (Å²) in [5.74, 6) is 1.64. The van der Waals surface area contributed by atoms with Crippen LogP contribution in [0.1, 0.15) is 34.7 Å². The number of aryl methyl sites for hydroxylation is 2. The quantitative estimate of drug-likeness (QED) is 0.694. The minimum Gasteiger partial charge on any atom is -0.376 e. The highest BCUT2D eigenvalue weighted by Crippen LogP contribution is 2.40. The second-order valence-electron chi connectivity index (χ2n) is 7.85. The molecule has 1 fully saturated rings. The Bertz CT molecular complexity index is 984. The number of nitrogens with zero attached hydrogens (tertiary/aromatic N) is 5. The fourth-order valence-electron chi connectivity index (χ4n) is 4.39. The fourth-order valence-corrected chi connectivity index (χ4v) is 4.39. The Labute approximate surface area is 163 Å². The van der Waals surface area contributed by atoms with Gasteiger partial charge in [-0.25, -0.2) is 9.97 Å². The van der Waals surface area contributed by atoms with Crippen molar-refractivity contribution in [2.75, 3.05) is 19.7 Å². The van der Waals surface area contributed by atoms with Gasteiger partial charge in [0.25, 0.3) is 0 Å². The second kappa shape index (κ2) is 6.76. The van der Waals surface area contributed by atoms with Crippen molar-refractivity contribution < 1.29 is 9.26 Å². The maximum absolute atomic E-state index is 5.96. The first-order chi connectivity index (χ1) is 13.6. The van der Waals surface area contributed by atoms with E-state index >= 15 is 0 Å². The van der Waals surface area contributed by atoms with E-state index in [-0.39, 0.29) is 5.41 Å². The number of ether oxygens (including phenoxy) is 1. The first-order valence-electron chi connectivity index (χ1n) is 9.63. The van der Waals surface area contributed by atoms with Gasteiger partial charge in [0.2, 0.25) is 0 Å². The van der Waals surface area contributed by atoms with E-state index < -0.39 is 0 Å². The molecule has 0 N–H and O–H groups in total. The first kappa shape index (κ1) is 17.5. The van der Waals surface area contributed by atoms with Crippen molar-refractivity contribution in [1.82, 2.24) is 25.0 Å². The summed E-state index contributed by atoms with van der Waals surface area (Å²) in [5, 5.41) is 4.09. The predicted octanol–water partition coefficient (Wildman–Crippen LogP) is 2.82. The lowest BCUT2D eigenvalue weighted by atomic mass is 9.80. The van der Waals surface area contributed by atoms with Gasteiger partial charge in [-0.05, 0) is 38.9 Å². The summed E-state index contributed by atoms with van der Waals surface area (Å²) in [6.45, 7) is 8.01. The molecule has 1 unspecified atom stereocenters. The van der Waals surface area contributed by atoms with E-state index in [1.807, 2.05) is 38.4 Å². The van der Waals surface area contributed by atoms with E-state index in [1.165, 1.54) is 5.56 Å². The third-order valence-corrected chi connectivity index (χ3v) is 5.92. The van der Waals surface area contributed by atoms with Crippen LogP contribution in [0.4, 0.5) is 0 Å². The van der Waals surface area contributed by atoms with Crippen LogP contribution in [0, 0.1) is 13.8 Å². The van der Waals surface area contributed by atoms with Gasteiger partial charge in [0.05, 0.1) is 30.0 Å². The van der Waals surface area contributed by atoms with E-state index in [1.54, 1.807) is 6.20 Å². The molecule has 5 rings (SSSR count). The van der Waals surface area contributed by atoms with Crippen molar-refractivity contribution in [1.29, 1.82) is 0 Å². The molecule has 0 aliphatic carbocycles. The molecule has 0 bridgehead atoms. The average Bonchev–Trinajstić information content (AvgIpc) is 3.28. The molecular formula is C21H23N5O2. The molecule has 0 saturated carbocycles. The molecule has 3 aromatic rings. The van der Waals surface area contributed by atoms with Crippen LogP contribution in [0.3, 0.4) is 0 Å². The van der Waals surface area contributed by atoms with E-state index in [2.05, 4.69) is 20.0 Å². The largest absolute Gasteiger partial charge is 0.376 e. The molecule has 5 heterocycles. The van der Waals surface area contributed by atoms with Gasteiger partial charge in [0.1, 0.15) is 5.76 Å². The number of fused-ring (bicyclic) bond motifs is 2. The molecule has 3 aromatic heterocycles. The molecule has 144 valence electrons. The van der Waals surface area contributed by atoms with Gasteiger partial charge in [-0.2, -0.15) is 0 Å². The van der Waals surface area contributed by atoms with Gasteiger partial charge in [0, 0.05) is 48.4 Å². The Morgan fingerprint density at radius 2 is 2.18 bits per heavy atom. The highest BCUT2D eigenvalue weighted by Gasteiger charge is 2.45. The summed E-state index contributed by atoms with van der Waals surface area (Å²) in [6.07, 6.45) is 6.52. The third kappa shape index (κ3) is 2.91. The van der Waals surface area contributed by atoms with Crippen LogP contribution in [-0.2, 0) is 23.3 Å². The van der Waals surface area contributed by atoms with E-state index in [4.69, 9.17) is 14.2 Å². The van der Waals surface area contributed by atoms with E-state index in [9.17, 15) is 0 Å². The van der Waals surface area contributed by atoms with Crippen molar-refractivity contribution in [2.24, 2.45) is 0 Å². The Hall–Kier alpha value is -2.64. The lowest BCUT2D eigenvalue weighted by Gasteiger charge is -2.34. The predicted molar refractivity (Wildman–Crippen MR) is 102 cm³/mol. The minimum atomic E-state index is -0.0908. The number of pyridine rings is 1. The molecule has 0 aromatic carbocycles. The van der Waals surface area contributed by atoms with E-state index in [0.29, 0.717) is 13.2 Å². The lowest BCUT2D eigenvalue weighted by Crippen LogP contribution is -2.40. The minimum absolute atomic E-state index is 0.0908. The molecule has 7 nitrogen and oxygen atoms in total. The van der Waals surface area contributed by atoms with Crippen molar-refractivity contribution in [3.8, 4) is 11.4 Å². The molecule has 1 atom stereocenters. The van der Waals surface area contributed by atoms with Crippen LogP contribution in [-0.4, -0.2) is 44.7 Å². The number of rotatable bonds is 3. The summed E-state index contributed by atoms with van der Waals surface area (Å²) >= 11 is 0. The summed E-state index contributed by atoms with van der Waals surface area (Å²) in [4.78, 5) is 16.2. The SMILES string of the molecule is Cc1noc(C)c1CN1CCC2(COCc3cnc(-c4cccnc4)nc32)C1. The monoisotopic (exact) mass is 377 g/mol. The smallest absolute Gasteiger partial charge is 0.160 e. The molecule has 0 radical (unpaired) electrons. The van der Waals surface area contributed by atoms with E-state index in [0.717, 1.165) is 60.2 Å².